The van der Waals surface area contributed by atoms with E-state index in [1.807, 2.05) is 30.3 Å². The van der Waals surface area contributed by atoms with Gasteiger partial charge in [0, 0.05) is 42.8 Å². The Kier molecular flexibility index (Phi) is 16.7. The Hall–Kier alpha value is -5.44. The van der Waals surface area contributed by atoms with Crippen molar-refractivity contribution in [2.24, 2.45) is 5.73 Å². The van der Waals surface area contributed by atoms with Crippen molar-refractivity contribution in [3.8, 4) is 0 Å². The van der Waals surface area contributed by atoms with Crippen LogP contribution in [0.4, 0.5) is 4.79 Å². The first-order chi connectivity index (χ1) is 27.6. The molecule has 1 saturated heterocycles. The monoisotopic (exact) mass is 886 g/mol. The number of hydrogen-bond donors (Lipinski definition) is 8. The summed E-state index contributed by atoms with van der Waals surface area (Å²) in [4.78, 5) is 93.9. The Morgan fingerprint density at radius 2 is 1.71 bits per heavy atom. The maximum atomic E-state index is 14.0. The molecule has 2 unspecified atom stereocenters. The van der Waals surface area contributed by atoms with Crippen molar-refractivity contribution in [2.75, 3.05) is 19.1 Å². The number of halogens is 1. The molecule has 5 amide bonds. The van der Waals surface area contributed by atoms with Crippen molar-refractivity contribution in [3.63, 3.8) is 0 Å². The maximum Gasteiger partial charge on any atom is 0.331 e. The van der Waals surface area contributed by atoms with E-state index in [4.69, 9.17) is 10.5 Å². The third kappa shape index (κ3) is 12.8. The number of carbonyl (C=O) groups excluding carboxylic acids is 4. The van der Waals surface area contributed by atoms with Gasteiger partial charge in [-0.1, -0.05) is 58.4 Å². The highest BCUT2D eigenvalue weighted by Crippen LogP contribution is 2.30. The molecule has 3 aromatic rings. The zero-order chi connectivity index (χ0) is 42.5. The number of thioether (sulfide) groups is 1. The largest absolute Gasteiger partial charge is 0.480 e. The molecule has 0 spiro atoms. The van der Waals surface area contributed by atoms with Crippen LogP contribution in [0.1, 0.15) is 37.1 Å². The molecule has 7 atom stereocenters. The van der Waals surface area contributed by atoms with Gasteiger partial charge in [-0.15, -0.1) is 0 Å². The summed E-state index contributed by atoms with van der Waals surface area (Å²) in [5.41, 5.74) is 6.28. The fourth-order valence-corrected chi connectivity index (χ4v) is 6.97. The Morgan fingerprint density at radius 3 is 2.36 bits per heavy atom. The van der Waals surface area contributed by atoms with Crippen molar-refractivity contribution in [1.29, 1.82) is 0 Å². The molecular weight excluding hydrogens is 840 g/mol. The molecule has 0 bridgehead atoms. The molecule has 1 aliphatic rings. The van der Waals surface area contributed by atoms with Crippen LogP contribution >= 0.6 is 27.7 Å². The minimum absolute atomic E-state index is 0.0466. The van der Waals surface area contributed by atoms with Gasteiger partial charge < -0.3 is 46.9 Å². The number of amides is 5. The van der Waals surface area contributed by atoms with Crippen LogP contribution in [0.5, 0.6) is 0 Å². The number of aromatic amines is 1. The number of H-pyrrole nitrogens is 1. The van der Waals surface area contributed by atoms with Crippen LogP contribution in [-0.2, 0) is 36.8 Å². The van der Waals surface area contributed by atoms with Crippen molar-refractivity contribution >= 4 is 57.4 Å². The number of hydrogen-bond acceptors (Lipinski definition) is 11. The number of urea groups is 1. The van der Waals surface area contributed by atoms with Crippen molar-refractivity contribution < 1.29 is 38.9 Å². The number of carboxylic acids is 1. The molecule has 2 heterocycles. The normalized spacial score (nSPS) is 18.1. The lowest BCUT2D eigenvalue weighted by Crippen LogP contribution is -2.62. The van der Waals surface area contributed by atoms with Gasteiger partial charge in [0.2, 0.25) is 23.9 Å². The predicted octanol–water partition coefficient (Wildman–Crippen LogP) is 0.555. The van der Waals surface area contributed by atoms with Crippen molar-refractivity contribution in [3.05, 3.63) is 115 Å². The minimum Gasteiger partial charge on any atom is -0.480 e. The molecule has 0 radical (unpaired) electrons. The Bertz CT molecular complexity index is 2080. The number of aliphatic carboxylic acids is 1. The smallest absolute Gasteiger partial charge is 0.331 e. The highest BCUT2D eigenvalue weighted by Gasteiger charge is 2.37. The van der Waals surface area contributed by atoms with E-state index in [1.54, 1.807) is 30.5 Å². The topological polar surface area (TPSA) is 267 Å². The third-order valence-electron chi connectivity index (χ3n) is 9.31. The van der Waals surface area contributed by atoms with Gasteiger partial charge in [-0.2, -0.15) is 11.8 Å². The number of nitrogens with one attached hydrogen (secondary N) is 5. The standard InChI is InChI=1S/C38H47BrN8O10S/c1-21(46(2)34(52)26(40)17-22-8-5-4-6-9-22)31(33(51)41-20-25-19-29(48)35(57-25)47-14-12-30(49)44-38(47)56)45-32(50)27(13-15-58-3)42-37(55)43-28(36(53)54)18-23-10-7-11-24(39)16-23/h4-12,14,16,20-21,26-29,31,35,48H,13,15,17-19,40H2,1-3H3,(H,41,51)(H,45,50)(H,53,54)(H2,42,43,55)(H,44,49,56)/b25-20+/t21?,26-,27+,28?,29+,31-,35+/m0/s1. The van der Waals surface area contributed by atoms with Crippen LogP contribution in [-0.4, -0.2) is 110 Å². The molecule has 312 valence electrons. The van der Waals surface area contributed by atoms with Crippen LogP contribution in [0.25, 0.3) is 0 Å². The second-order valence-corrected chi connectivity index (χ2v) is 15.5. The van der Waals surface area contributed by atoms with Gasteiger partial charge in [0.05, 0.1) is 12.1 Å². The number of aliphatic hydroxyl groups is 1. The minimum atomic E-state index is -1.46. The van der Waals surface area contributed by atoms with Crippen molar-refractivity contribution in [2.45, 2.75) is 75.1 Å². The van der Waals surface area contributed by atoms with Gasteiger partial charge in [-0.05, 0) is 55.0 Å². The van der Waals surface area contributed by atoms with E-state index < -0.39 is 83.5 Å². The fraction of sp³-hybridized carbons (Fsp3) is 0.395. The summed E-state index contributed by atoms with van der Waals surface area (Å²) in [6.45, 7) is 1.52. The van der Waals surface area contributed by atoms with Crippen LogP contribution in [0, 0.1) is 0 Å². The quantitative estimate of drug-likeness (QED) is 0.0871. The molecule has 1 aliphatic heterocycles. The lowest BCUT2D eigenvalue weighted by atomic mass is 10.0. The number of nitrogens with two attached hydrogens (primary N) is 1. The summed E-state index contributed by atoms with van der Waals surface area (Å²) >= 11 is 4.73. The molecule has 20 heteroatoms. The Labute approximate surface area is 346 Å². The summed E-state index contributed by atoms with van der Waals surface area (Å²) in [5.74, 6) is -3.00. The van der Waals surface area contributed by atoms with E-state index >= 15 is 0 Å². The highest BCUT2D eigenvalue weighted by atomic mass is 79.9. The third-order valence-corrected chi connectivity index (χ3v) is 10.5. The summed E-state index contributed by atoms with van der Waals surface area (Å²) in [6.07, 6.45) is 1.74. The van der Waals surface area contributed by atoms with Crippen LogP contribution in [0.2, 0.25) is 0 Å². The molecule has 2 aromatic carbocycles. The van der Waals surface area contributed by atoms with Crippen LogP contribution in [0.3, 0.4) is 0 Å². The van der Waals surface area contributed by atoms with Gasteiger partial charge in [0.15, 0.2) is 0 Å². The van der Waals surface area contributed by atoms with Crippen molar-refractivity contribution in [1.82, 2.24) is 35.7 Å². The lowest BCUT2D eigenvalue weighted by molar-refractivity contribution is -0.139. The molecule has 4 rings (SSSR count). The number of ether oxygens (including phenoxy) is 1. The lowest BCUT2D eigenvalue weighted by Gasteiger charge is -2.34. The average Bonchev–Trinajstić information content (AvgIpc) is 3.56. The number of rotatable bonds is 18. The first-order valence-corrected chi connectivity index (χ1v) is 20.3. The Morgan fingerprint density at radius 1 is 1.02 bits per heavy atom. The average molecular weight is 888 g/mol. The molecule has 0 saturated carbocycles. The molecule has 18 nitrogen and oxygen atoms in total. The first kappa shape index (κ1) is 45.3. The van der Waals surface area contributed by atoms with E-state index in [9.17, 15) is 43.8 Å². The summed E-state index contributed by atoms with van der Waals surface area (Å²) in [7, 11) is 1.43. The molecule has 1 aromatic heterocycles. The van der Waals surface area contributed by atoms with E-state index in [0.29, 0.717) is 11.3 Å². The highest BCUT2D eigenvalue weighted by molar-refractivity contribution is 9.10. The molecule has 1 fully saturated rings. The maximum absolute atomic E-state index is 14.0. The van der Waals surface area contributed by atoms with Crippen LogP contribution < -0.4 is 38.2 Å². The van der Waals surface area contributed by atoms with E-state index in [0.717, 1.165) is 33.1 Å². The first-order valence-electron chi connectivity index (χ1n) is 18.1. The number of likely N-dealkylation sites (N-methyl/N-ethyl adjacent to an activating group) is 1. The number of benzene rings is 2. The zero-order valence-corrected chi connectivity index (χ0v) is 34.3. The molecule has 0 aliphatic carbocycles. The Balaban J connectivity index is 1.54. The second kappa shape index (κ2) is 21.4. The number of carbonyl (C=O) groups is 5. The summed E-state index contributed by atoms with van der Waals surface area (Å²) < 4.78 is 7.42. The SMILES string of the molecule is CSCC[C@@H](NC(=O)NC(Cc1cccc(Br)c1)C(=O)O)C(=O)N[C@H](C(=O)N/C=C1\C[C@@H](O)[C@H](n2ccc(=O)[nH]c2=O)O1)C(C)N(C)C(=O)[C@@H](N)Cc1ccccc1. The number of aliphatic hydroxyl groups excluding tert-OH is 1. The molecular formula is C38H47BrN8O10S. The van der Waals surface area contributed by atoms with Crippen LogP contribution in [0.15, 0.2) is 92.9 Å². The molecule has 9 N–H and O–H groups in total. The predicted molar refractivity (Wildman–Crippen MR) is 218 cm³/mol. The summed E-state index contributed by atoms with van der Waals surface area (Å²) in [5, 5.41) is 30.6. The van der Waals surface area contributed by atoms with Gasteiger partial charge in [-0.3, -0.25) is 28.7 Å². The summed E-state index contributed by atoms with van der Waals surface area (Å²) in [6, 6.07) is 10.1. The zero-order valence-electron chi connectivity index (χ0n) is 31.9. The van der Waals surface area contributed by atoms with Gasteiger partial charge in [-0.25, -0.2) is 14.4 Å². The number of nitrogens with zero attached hydrogens (tertiary/aromatic N) is 2. The van der Waals surface area contributed by atoms with E-state index in [-0.39, 0.29) is 31.4 Å². The molecule has 58 heavy (non-hydrogen) atoms. The van der Waals surface area contributed by atoms with Gasteiger partial charge >= 0.3 is 17.7 Å². The fourth-order valence-electron chi connectivity index (χ4n) is 6.06. The number of carboxylic acid groups (broad SMARTS) is 1. The number of aromatic nitrogens is 2. The van der Waals surface area contributed by atoms with E-state index in [2.05, 4.69) is 42.2 Å². The van der Waals surface area contributed by atoms with E-state index in [1.165, 1.54) is 30.6 Å². The van der Waals surface area contributed by atoms with Gasteiger partial charge in [0.25, 0.3) is 5.56 Å². The second-order valence-electron chi connectivity index (χ2n) is 13.6. The van der Waals surface area contributed by atoms with Gasteiger partial charge in [0.1, 0.15) is 30.0 Å².